The molecular weight excluding hydrogens is 276 g/mol. The predicted octanol–water partition coefficient (Wildman–Crippen LogP) is 3.17. The lowest BCUT2D eigenvalue weighted by molar-refractivity contribution is 0.102. The molecule has 100 valence electrons. The maximum atomic E-state index is 12.2. The Morgan fingerprint density at radius 1 is 1.25 bits per heavy atom. The van der Waals surface area contributed by atoms with Crippen LogP contribution in [0.5, 0.6) is 0 Å². The molecule has 3 rings (SSSR count). The van der Waals surface area contributed by atoms with E-state index in [1.165, 1.54) is 12.5 Å². The SMILES string of the molecule is Cc1ccc(NC(=O)c2cnc3nc[nH]c3c2Cl)cc1. The minimum absolute atomic E-state index is 0.303. The molecule has 20 heavy (non-hydrogen) atoms. The highest BCUT2D eigenvalue weighted by Gasteiger charge is 2.15. The standard InChI is InChI=1S/C14H11ClN4O/c1-8-2-4-9(5-3-8)19-14(20)10-6-16-13-12(11(10)15)17-7-18-13/h2-7H,1H3,(H,19,20)(H,16,17,18). The molecule has 6 heteroatoms. The number of aryl methyl sites for hydroxylation is 1. The minimum Gasteiger partial charge on any atom is -0.342 e. The van der Waals surface area contributed by atoms with Gasteiger partial charge in [0.25, 0.3) is 5.91 Å². The molecule has 2 N–H and O–H groups in total. The number of fused-ring (bicyclic) bond motifs is 1. The van der Waals surface area contributed by atoms with Crippen molar-refractivity contribution in [2.24, 2.45) is 0 Å². The molecule has 0 unspecified atom stereocenters. The van der Waals surface area contributed by atoms with E-state index in [9.17, 15) is 4.79 Å². The number of nitrogens with zero attached hydrogens (tertiary/aromatic N) is 2. The van der Waals surface area contributed by atoms with Crippen LogP contribution < -0.4 is 5.32 Å². The van der Waals surface area contributed by atoms with E-state index < -0.39 is 0 Å². The van der Waals surface area contributed by atoms with Crippen molar-refractivity contribution in [1.82, 2.24) is 15.0 Å². The number of imidazole rings is 1. The van der Waals surface area contributed by atoms with Gasteiger partial charge in [-0.15, -0.1) is 0 Å². The van der Waals surface area contributed by atoms with Gasteiger partial charge in [-0.1, -0.05) is 29.3 Å². The van der Waals surface area contributed by atoms with Crippen LogP contribution >= 0.6 is 11.6 Å². The molecular formula is C14H11ClN4O. The predicted molar refractivity (Wildman–Crippen MR) is 78.0 cm³/mol. The van der Waals surface area contributed by atoms with Crippen LogP contribution in [0.15, 0.2) is 36.8 Å². The number of nitrogens with one attached hydrogen (secondary N) is 2. The van der Waals surface area contributed by atoms with Gasteiger partial charge in [0.1, 0.15) is 5.52 Å². The number of benzene rings is 1. The van der Waals surface area contributed by atoms with Crippen molar-refractivity contribution >= 4 is 34.4 Å². The summed E-state index contributed by atoms with van der Waals surface area (Å²) in [6, 6.07) is 7.52. The third-order valence-electron chi connectivity index (χ3n) is 2.95. The lowest BCUT2D eigenvalue weighted by Crippen LogP contribution is -2.13. The molecule has 0 aliphatic carbocycles. The molecule has 2 heterocycles. The number of rotatable bonds is 2. The van der Waals surface area contributed by atoms with E-state index in [2.05, 4.69) is 20.3 Å². The van der Waals surface area contributed by atoms with Crippen molar-refractivity contribution in [3.05, 3.63) is 52.9 Å². The highest BCUT2D eigenvalue weighted by molar-refractivity contribution is 6.38. The number of hydrogen-bond acceptors (Lipinski definition) is 3. The van der Waals surface area contributed by atoms with Crippen LogP contribution in [0.4, 0.5) is 5.69 Å². The fraction of sp³-hybridized carbons (Fsp3) is 0.0714. The van der Waals surface area contributed by atoms with Gasteiger partial charge in [-0.05, 0) is 19.1 Å². The van der Waals surface area contributed by atoms with E-state index in [0.717, 1.165) is 5.56 Å². The first-order valence-corrected chi connectivity index (χ1v) is 6.38. The molecule has 5 nitrogen and oxygen atoms in total. The number of aromatic nitrogens is 3. The van der Waals surface area contributed by atoms with Gasteiger partial charge in [0, 0.05) is 11.9 Å². The Balaban J connectivity index is 1.92. The van der Waals surface area contributed by atoms with Crippen LogP contribution in [0.25, 0.3) is 11.2 Å². The summed E-state index contributed by atoms with van der Waals surface area (Å²) in [7, 11) is 0. The molecule has 0 aliphatic heterocycles. The van der Waals surface area contributed by atoms with Crippen LogP contribution in [-0.2, 0) is 0 Å². The molecule has 0 fully saturated rings. The number of anilines is 1. The molecule has 3 aromatic rings. The summed E-state index contributed by atoms with van der Waals surface area (Å²) in [6.45, 7) is 1.98. The van der Waals surface area contributed by atoms with Gasteiger partial charge in [0.2, 0.25) is 0 Å². The molecule has 1 amide bonds. The maximum Gasteiger partial charge on any atom is 0.258 e. The molecule has 0 saturated carbocycles. The summed E-state index contributed by atoms with van der Waals surface area (Å²) < 4.78 is 0. The van der Waals surface area contributed by atoms with Crippen LogP contribution in [0.2, 0.25) is 5.02 Å². The van der Waals surface area contributed by atoms with Crippen molar-refractivity contribution in [2.45, 2.75) is 6.92 Å². The van der Waals surface area contributed by atoms with Gasteiger partial charge in [-0.25, -0.2) is 9.97 Å². The zero-order valence-corrected chi connectivity index (χ0v) is 11.4. The summed E-state index contributed by atoms with van der Waals surface area (Å²) in [5, 5.41) is 3.10. The molecule has 0 saturated heterocycles. The normalized spacial score (nSPS) is 10.7. The second-order valence-corrected chi connectivity index (χ2v) is 4.79. The van der Waals surface area contributed by atoms with E-state index in [4.69, 9.17) is 11.6 Å². The fourth-order valence-electron chi connectivity index (χ4n) is 1.86. The first-order chi connectivity index (χ1) is 9.65. The van der Waals surface area contributed by atoms with Gasteiger partial charge in [0.05, 0.1) is 16.9 Å². The number of carbonyl (C=O) groups excluding carboxylic acids is 1. The molecule has 0 atom stereocenters. The Kier molecular flexibility index (Phi) is 3.12. The number of halogens is 1. The van der Waals surface area contributed by atoms with Crippen molar-refractivity contribution in [2.75, 3.05) is 5.32 Å². The van der Waals surface area contributed by atoms with Crippen LogP contribution in [0.1, 0.15) is 15.9 Å². The molecule has 0 spiro atoms. The number of amides is 1. The Morgan fingerprint density at radius 3 is 2.75 bits per heavy atom. The topological polar surface area (TPSA) is 70.7 Å². The van der Waals surface area contributed by atoms with E-state index in [1.54, 1.807) is 0 Å². The Hall–Kier alpha value is -2.40. The van der Waals surface area contributed by atoms with E-state index >= 15 is 0 Å². The first-order valence-electron chi connectivity index (χ1n) is 6.01. The molecule has 0 bridgehead atoms. The van der Waals surface area contributed by atoms with Gasteiger partial charge < -0.3 is 10.3 Å². The third kappa shape index (κ3) is 2.23. The number of pyridine rings is 1. The number of aromatic amines is 1. The molecule has 0 aliphatic rings. The molecule has 2 aromatic heterocycles. The van der Waals surface area contributed by atoms with Gasteiger partial charge in [0.15, 0.2) is 5.65 Å². The second kappa shape index (κ2) is 4.94. The van der Waals surface area contributed by atoms with Crippen molar-refractivity contribution in [3.63, 3.8) is 0 Å². The van der Waals surface area contributed by atoms with E-state index in [0.29, 0.717) is 27.4 Å². The highest BCUT2D eigenvalue weighted by Crippen LogP contribution is 2.23. The third-order valence-corrected chi connectivity index (χ3v) is 3.34. The summed E-state index contributed by atoms with van der Waals surface area (Å²) in [6.07, 6.45) is 2.92. The Bertz CT molecular complexity index is 779. The lowest BCUT2D eigenvalue weighted by atomic mass is 10.2. The van der Waals surface area contributed by atoms with Crippen LogP contribution in [-0.4, -0.2) is 20.9 Å². The van der Waals surface area contributed by atoms with E-state index in [1.807, 2.05) is 31.2 Å². The van der Waals surface area contributed by atoms with Crippen LogP contribution in [0, 0.1) is 6.92 Å². The van der Waals surface area contributed by atoms with Gasteiger partial charge in [-0.2, -0.15) is 0 Å². The largest absolute Gasteiger partial charge is 0.342 e. The van der Waals surface area contributed by atoms with Crippen molar-refractivity contribution in [3.8, 4) is 0 Å². The Labute approximate surface area is 120 Å². The van der Waals surface area contributed by atoms with Crippen molar-refractivity contribution < 1.29 is 4.79 Å². The Morgan fingerprint density at radius 2 is 2.00 bits per heavy atom. The summed E-state index contributed by atoms with van der Waals surface area (Å²) >= 11 is 6.20. The minimum atomic E-state index is -0.303. The summed E-state index contributed by atoms with van der Waals surface area (Å²) in [5.74, 6) is -0.303. The fourth-order valence-corrected chi connectivity index (χ4v) is 2.13. The van der Waals surface area contributed by atoms with Crippen molar-refractivity contribution in [1.29, 1.82) is 0 Å². The second-order valence-electron chi connectivity index (χ2n) is 4.41. The molecule has 1 aromatic carbocycles. The lowest BCUT2D eigenvalue weighted by Gasteiger charge is -2.07. The van der Waals surface area contributed by atoms with Gasteiger partial charge >= 0.3 is 0 Å². The van der Waals surface area contributed by atoms with Crippen LogP contribution in [0.3, 0.4) is 0 Å². The average Bonchev–Trinajstić information content (AvgIpc) is 2.91. The van der Waals surface area contributed by atoms with E-state index in [-0.39, 0.29) is 5.91 Å². The highest BCUT2D eigenvalue weighted by atomic mass is 35.5. The summed E-state index contributed by atoms with van der Waals surface area (Å²) in [4.78, 5) is 23.2. The monoisotopic (exact) mass is 286 g/mol. The number of hydrogen-bond donors (Lipinski definition) is 2. The zero-order chi connectivity index (χ0) is 14.1. The molecule has 0 radical (unpaired) electrons. The zero-order valence-electron chi connectivity index (χ0n) is 10.6. The summed E-state index contributed by atoms with van der Waals surface area (Å²) in [5.41, 5.74) is 3.19. The maximum absolute atomic E-state index is 12.2. The van der Waals surface area contributed by atoms with Gasteiger partial charge in [-0.3, -0.25) is 4.79 Å². The first kappa shape index (κ1) is 12.6. The quantitative estimate of drug-likeness (QED) is 0.760. The smallest absolute Gasteiger partial charge is 0.258 e. The number of carbonyl (C=O) groups is 1. The number of H-pyrrole nitrogens is 1. The average molecular weight is 287 g/mol.